The van der Waals surface area contributed by atoms with E-state index >= 15 is 0 Å². The topological polar surface area (TPSA) is 49.4 Å². The zero-order valence-corrected chi connectivity index (χ0v) is 8.77. The van der Waals surface area contributed by atoms with Crippen molar-refractivity contribution in [2.45, 2.75) is 0 Å². The van der Waals surface area contributed by atoms with Gasteiger partial charge in [-0.05, 0) is 24.6 Å². The number of carbonyl (C=O) groups is 2. The smallest absolute Gasteiger partial charge is 0.254 e. The summed E-state index contributed by atoms with van der Waals surface area (Å²) >= 11 is 0. The van der Waals surface area contributed by atoms with Crippen molar-refractivity contribution >= 4 is 11.8 Å². The lowest BCUT2D eigenvalue weighted by Gasteiger charge is -2.26. The van der Waals surface area contributed by atoms with Crippen LogP contribution in [0.3, 0.4) is 0 Å². The fraction of sp³-hybridized carbons (Fsp3) is 0.250. The van der Waals surface area contributed by atoms with Gasteiger partial charge in [0.05, 0.1) is 6.54 Å². The van der Waals surface area contributed by atoms with Crippen LogP contribution in [-0.4, -0.2) is 36.3 Å². The fourth-order valence-electron chi connectivity index (χ4n) is 1.62. The number of carbonyl (C=O) groups excluding carboxylic acids is 2. The van der Waals surface area contributed by atoms with Gasteiger partial charge in [-0.3, -0.25) is 9.59 Å². The van der Waals surface area contributed by atoms with Crippen molar-refractivity contribution in [2.24, 2.45) is 0 Å². The molecule has 0 aliphatic carbocycles. The zero-order valence-electron chi connectivity index (χ0n) is 8.77. The molecule has 1 fully saturated rings. The van der Waals surface area contributed by atoms with Crippen LogP contribution in [0.25, 0.3) is 0 Å². The van der Waals surface area contributed by atoms with E-state index in [1.807, 2.05) is 0 Å². The predicted molar refractivity (Wildman–Crippen MR) is 58.8 cm³/mol. The van der Waals surface area contributed by atoms with E-state index in [4.69, 9.17) is 6.92 Å². The van der Waals surface area contributed by atoms with Crippen LogP contribution in [0, 0.1) is 6.92 Å². The molecule has 0 unspecified atom stereocenters. The van der Waals surface area contributed by atoms with Crippen molar-refractivity contribution in [3.63, 3.8) is 0 Å². The largest absolute Gasteiger partial charge is 0.353 e. The van der Waals surface area contributed by atoms with Crippen molar-refractivity contribution in [3.05, 3.63) is 42.3 Å². The number of nitrogens with one attached hydrogen (secondary N) is 1. The molecule has 1 aliphatic heterocycles. The van der Waals surface area contributed by atoms with Crippen LogP contribution in [0.5, 0.6) is 0 Å². The highest BCUT2D eigenvalue weighted by atomic mass is 16.2. The first-order valence-electron chi connectivity index (χ1n) is 5.08. The summed E-state index contributed by atoms with van der Waals surface area (Å²) in [5, 5.41) is 2.67. The minimum atomic E-state index is -0.130. The highest BCUT2D eigenvalue weighted by Crippen LogP contribution is 2.07. The first-order valence-corrected chi connectivity index (χ1v) is 5.08. The molecule has 0 atom stereocenters. The molecule has 2 rings (SSSR count). The Labute approximate surface area is 94.2 Å². The van der Waals surface area contributed by atoms with E-state index in [0.717, 1.165) is 0 Å². The predicted octanol–water partition coefficient (Wildman–Crippen LogP) is 0.318. The lowest BCUT2D eigenvalue weighted by atomic mass is 10.1. The van der Waals surface area contributed by atoms with E-state index in [1.54, 1.807) is 24.3 Å². The molecular formula is C12H12N2O2. The first-order chi connectivity index (χ1) is 7.66. The Kier molecular flexibility index (Phi) is 2.90. The summed E-state index contributed by atoms with van der Waals surface area (Å²) in [4.78, 5) is 24.6. The maximum absolute atomic E-state index is 12.0. The van der Waals surface area contributed by atoms with Crippen molar-refractivity contribution < 1.29 is 9.59 Å². The molecule has 82 valence electrons. The summed E-state index contributed by atoms with van der Waals surface area (Å²) in [5.41, 5.74) is 1.18. The summed E-state index contributed by atoms with van der Waals surface area (Å²) in [7, 11) is 0. The molecule has 0 spiro atoms. The van der Waals surface area contributed by atoms with Crippen molar-refractivity contribution in [1.29, 1.82) is 0 Å². The Morgan fingerprint density at radius 2 is 2.00 bits per heavy atom. The van der Waals surface area contributed by atoms with E-state index in [0.29, 0.717) is 24.2 Å². The third-order valence-electron chi connectivity index (χ3n) is 2.48. The lowest BCUT2D eigenvalue weighted by Crippen LogP contribution is -2.49. The van der Waals surface area contributed by atoms with Crippen LogP contribution in [0.4, 0.5) is 0 Å². The number of hydrogen-bond acceptors (Lipinski definition) is 2. The van der Waals surface area contributed by atoms with Gasteiger partial charge in [0, 0.05) is 18.7 Å². The van der Waals surface area contributed by atoms with Gasteiger partial charge < -0.3 is 10.2 Å². The van der Waals surface area contributed by atoms with Crippen LogP contribution in [0.15, 0.2) is 24.3 Å². The average molecular weight is 216 g/mol. The van der Waals surface area contributed by atoms with E-state index in [1.165, 1.54) is 4.90 Å². The normalized spacial score (nSPS) is 15.8. The number of benzene rings is 1. The first kappa shape index (κ1) is 10.7. The Morgan fingerprint density at radius 3 is 2.62 bits per heavy atom. The molecule has 1 N–H and O–H groups in total. The average Bonchev–Trinajstić information content (AvgIpc) is 2.29. The number of rotatable bonds is 1. The standard InChI is InChI=1S/C12H12N2O2/c1-9-2-4-10(5-3-9)12(16)14-7-6-13-11(15)8-14/h1-5H,6-8H2,(H,13,15). The Balaban J connectivity index is 2.12. The minimum Gasteiger partial charge on any atom is -0.353 e. The number of amides is 2. The van der Waals surface area contributed by atoms with Crippen molar-refractivity contribution in [2.75, 3.05) is 19.6 Å². The van der Waals surface area contributed by atoms with Gasteiger partial charge >= 0.3 is 0 Å². The molecule has 1 aromatic rings. The van der Waals surface area contributed by atoms with E-state index in [2.05, 4.69) is 5.32 Å². The zero-order chi connectivity index (χ0) is 11.5. The van der Waals surface area contributed by atoms with Gasteiger partial charge in [-0.1, -0.05) is 12.1 Å². The van der Waals surface area contributed by atoms with Crippen molar-refractivity contribution in [3.8, 4) is 0 Å². The number of nitrogens with zero attached hydrogens (tertiary/aromatic N) is 1. The highest BCUT2D eigenvalue weighted by Gasteiger charge is 2.21. The SMILES string of the molecule is [CH]c1ccc(C(=O)N2CCNC(=O)C2)cc1. The van der Waals surface area contributed by atoms with Gasteiger partial charge in [0.2, 0.25) is 5.91 Å². The number of hydrogen-bond donors (Lipinski definition) is 1. The molecule has 4 nitrogen and oxygen atoms in total. The van der Waals surface area contributed by atoms with Gasteiger partial charge in [-0.25, -0.2) is 0 Å². The van der Waals surface area contributed by atoms with Crippen molar-refractivity contribution in [1.82, 2.24) is 10.2 Å². The molecule has 0 aromatic heterocycles. The summed E-state index contributed by atoms with van der Waals surface area (Å²) in [6.45, 7) is 6.73. The molecule has 0 bridgehead atoms. The summed E-state index contributed by atoms with van der Waals surface area (Å²) in [5.74, 6) is -0.245. The summed E-state index contributed by atoms with van der Waals surface area (Å²) in [6.07, 6.45) is 0. The lowest BCUT2D eigenvalue weighted by molar-refractivity contribution is -0.123. The molecule has 1 saturated heterocycles. The van der Waals surface area contributed by atoms with E-state index < -0.39 is 0 Å². The third-order valence-corrected chi connectivity index (χ3v) is 2.48. The number of piperazine rings is 1. The second-order valence-electron chi connectivity index (χ2n) is 3.70. The second-order valence-corrected chi connectivity index (χ2v) is 3.70. The Morgan fingerprint density at radius 1 is 1.31 bits per heavy atom. The molecule has 1 heterocycles. The molecule has 2 amide bonds. The van der Waals surface area contributed by atoms with Gasteiger partial charge in [0.15, 0.2) is 0 Å². The molecule has 1 aliphatic rings. The van der Waals surface area contributed by atoms with Gasteiger partial charge in [0.25, 0.3) is 5.91 Å². The highest BCUT2D eigenvalue weighted by molar-refractivity contribution is 5.97. The van der Waals surface area contributed by atoms with Crippen LogP contribution < -0.4 is 5.32 Å². The van der Waals surface area contributed by atoms with E-state index in [-0.39, 0.29) is 18.4 Å². The van der Waals surface area contributed by atoms with Gasteiger partial charge in [0.1, 0.15) is 0 Å². The Bertz CT molecular complexity index is 412. The summed E-state index contributed by atoms with van der Waals surface area (Å²) < 4.78 is 0. The Hall–Kier alpha value is -1.84. The third kappa shape index (κ3) is 2.21. The maximum Gasteiger partial charge on any atom is 0.254 e. The molecule has 16 heavy (non-hydrogen) atoms. The van der Waals surface area contributed by atoms with Crippen LogP contribution in [0.2, 0.25) is 0 Å². The van der Waals surface area contributed by atoms with Crippen LogP contribution in [0.1, 0.15) is 15.9 Å². The summed E-state index contributed by atoms with van der Waals surface area (Å²) in [6, 6.07) is 6.70. The van der Waals surface area contributed by atoms with E-state index in [9.17, 15) is 9.59 Å². The van der Waals surface area contributed by atoms with Crippen LogP contribution >= 0.6 is 0 Å². The maximum atomic E-state index is 12.0. The minimum absolute atomic E-state index is 0.116. The monoisotopic (exact) mass is 216 g/mol. The molecule has 2 radical (unpaired) electrons. The molecule has 4 heteroatoms. The molecular weight excluding hydrogens is 204 g/mol. The van der Waals surface area contributed by atoms with Gasteiger partial charge in [-0.15, -0.1) is 0 Å². The van der Waals surface area contributed by atoms with Crippen LogP contribution in [-0.2, 0) is 4.79 Å². The molecule has 1 aromatic carbocycles. The quantitative estimate of drug-likeness (QED) is 0.735. The molecule has 0 saturated carbocycles. The van der Waals surface area contributed by atoms with Gasteiger partial charge in [-0.2, -0.15) is 0 Å². The second kappa shape index (κ2) is 4.35. The fourth-order valence-corrected chi connectivity index (χ4v) is 1.62.